The molecule has 2 atom stereocenters. The number of piperidine rings is 1. The molecule has 106 valence electrons. The van der Waals surface area contributed by atoms with Gasteiger partial charge in [-0.25, -0.2) is 0 Å². The summed E-state index contributed by atoms with van der Waals surface area (Å²) in [5.74, 6) is -0.235. The van der Waals surface area contributed by atoms with Gasteiger partial charge in [0.15, 0.2) is 0 Å². The third-order valence-corrected chi connectivity index (χ3v) is 5.34. The predicted octanol–water partition coefficient (Wildman–Crippen LogP) is 3.00. The van der Waals surface area contributed by atoms with Gasteiger partial charge < -0.3 is 0 Å². The van der Waals surface area contributed by atoms with E-state index in [0.29, 0.717) is 6.42 Å². The van der Waals surface area contributed by atoms with Crippen molar-refractivity contribution in [2.75, 3.05) is 0 Å². The number of aryl methyl sites for hydroxylation is 1. The van der Waals surface area contributed by atoms with Crippen molar-refractivity contribution in [1.29, 1.82) is 0 Å². The van der Waals surface area contributed by atoms with E-state index in [-0.39, 0.29) is 23.1 Å². The quantitative estimate of drug-likeness (QED) is 0.802. The molecule has 1 heterocycles. The first-order valence-electron chi connectivity index (χ1n) is 7.15. The highest BCUT2D eigenvalue weighted by Gasteiger charge is 2.48. The molecule has 4 heteroatoms. The molecule has 0 radical (unpaired) electrons. The van der Waals surface area contributed by atoms with Gasteiger partial charge in [-0.1, -0.05) is 28.9 Å². The summed E-state index contributed by atoms with van der Waals surface area (Å²) in [5.41, 5.74) is 2.47. The number of nitrogens with one attached hydrogen (secondary N) is 1. The summed E-state index contributed by atoms with van der Waals surface area (Å²) >= 11 is 3.50. The van der Waals surface area contributed by atoms with Crippen molar-refractivity contribution >= 4 is 27.7 Å². The van der Waals surface area contributed by atoms with E-state index in [0.717, 1.165) is 30.2 Å². The Morgan fingerprint density at radius 2 is 2.10 bits per heavy atom. The van der Waals surface area contributed by atoms with E-state index in [9.17, 15) is 9.59 Å². The average Bonchev–Trinajstić information content (AvgIpc) is 2.39. The Labute approximate surface area is 127 Å². The molecule has 1 spiro atoms. The van der Waals surface area contributed by atoms with Crippen molar-refractivity contribution in [2.24, 2.45) is 11.3 Å². The molecule has 1 saturated heterocycles. The lowest BCUT2D eigenvalue weighted by atomic mass is 9.60. The number of fused-ring (bicyclic) bond motifs is 1. The smallest absolute Gasteiger partial charge is 0.230 e. The zero-order valence-corrected chi connectivity index (χ0v) is 13.1. The van der Waals surface area contributed by atoms with Gasteiger partial charge in [-0.05, 0) is 54.4 Å². The van der Waals surface area contributed by atoms with E-state index in [2.05, 4.69) is 33.4 Å². The van der Waals surface area contributed by atoms with Crippen molar-refractivity contribution < 1.29 is 9.59 Å². The summed E-state index contributed by atoms with van der Waals surface area (Å²) in [6.45, 7) is 2.04. The highest BCUT2D eigenvalue weighted by Crippen LogP contribution is 2.47. The van der Waals surface area contributed by atoms with Crippen LogP contribution in [-0.2, 0) is 22.4 Å². The second-order valence-electron chi connectivity index (χ2n) is 6.00. The van der Waals surface area contributed by atoms with E-state index in [1.165, 1.54) is 11.1 Å². The Morgan fingerprint density at radius 1 is 1.30 bits per heavy atom. The second kappa shape index (κ2) is 4.99. The Hall–Kier alpha value is -1.16. The molecule has 2 amide bonds. The maximum atomic E-state index is 12.1. The van der Waals surface area contributed by atoms with E-state index < -0.39 is 0 Å². The van der Waals surface area contributed by atoms with Crippen molar-refractivity contribution in [3.63, 3.8) is 0 Å². The van der Waals surface area contributed by atoms with Crippen molar-refractivity contribution in [1.82, 2.24) is 5.32 Å². The fraction of sp³-hybridized carbons (Fsp3) is 0.500. The minimum absolute atomic E-state index is 0.0444. The van der Waals surface area contributed by atoms with E-state index >= 15 is 0 Å². The molecule has 3 rings (SSSR count). The molecule has 0 bridgehead atoms. The Morgan fingerprint density at radius 3 is 2.85 bits per heavy atom. The van der Waals surface area contributed by atoms with E-state index in [4.69, 9.17) is 0 Å². The predicted molar refractivity (Wildman–Crippen MR) is 80.1 cm³/mol. The maximum Gasteiger partial charge on any atom is 0.230 e. The minimum Gasteiger partial charge on any atom is -0.296 e. The number of benzene rings is 1. The lowest BCUT2D eigenvalue weighted by molar-refractivity contribution is -0.144. The molecule has 1 aliphatic carbocycles. The van der Waals surface area contributed by atoms with Gasteiger partial charge in [0.05, 0.1) is 0 Å². The standard InChI is InChI=1S/C16H18BrNO2/c1-2-13-15(20)18-14(19)9-16(13)6-5-10-7-12(17)4-3-11(10)8-16/h3-4,7,13H,2,5-6,8-9H2,1H3,(H,18,19,20). The molecular weight excluding hydrogens is 318 g/mol. The van der Waals surface area contributed by atoms with Crippen LogP contribution in [0.2, 0.25) is 0 Å². The monoisotopic (exact) mass is 335 g/mol. The SMILES string of the molecule is CCC1C(=O)NC(=O)CC12CCc1cc(Br)ccc1C2. The normalized spacial score (nSPS) is 29.2. The van der Waals surface area contributed by atoms with Gasteiger partial charge in [-0.15, -0.1) is 0 Å². The largest absolute Gasteiger partial charge is 0.296 e. The van der Waals surface area contributed by atoms with Crippen molar-refractivity contribution in [3.05, 3.63) is 33.8 Å². The van der Waals surface area contributed by atoms with Crippen LogP contribution in [0.1, 0.15) is 37.3 Å². The highest BCUT2D eigenvalue weighted by molar-refractivity contribution is 9.10. The molecule has 1 N–H and O–H groups in total. The summed E-state index contributed by atoms with van der Waals surface area (Å²) in [4.78, 5) is 24.0. The first-order chi connectivity index (χ1) is 9.54. The summed E-state index contributed by atoms with van der Waals surface area (Å²) < 4.78 is 1.09. The molecule has 1 aromatic rings. The van der Waals surface area contributed by atoms with Gasteiger partial charge in [0.25, 0.3) is 0 Å². The first-order valence-corrected chi connectivity index (χ1v) is 7.94. The molecule has 3 nitrogen and oxygen atoms in total. The van der Waals surface area contributed by atoms with Gasteiger partial charge in [-0.2, -0.15) is 0 Å². The van der Waals surface area contributed by atoms with Crippen LogP contribution in [0.4, 0.5) is 0 Å². The van der Waals surface area contributed by atoms with Crippen LogP contribution < -0.4 is 5.32 Å². The van der Waals surface area contributed by atoms with Crippen molar-refractivity contribution in [2.45, 2.75) is 39.0 Å². The van der Waals surface area contributed by atoms with Gasteiger partial charge >= 0.3 is 0 Å². The zero-order chi connectivity index (χ0) is 14.3. The number of carbonyl (C=O) groups excluding carboxylic acids is 2. The van der Waals surface area contributed by atoms with Crippen LogP contribution in [0.25, 0.3) is 0 Å². The van der Waals surface area contributed by atoms with E-state index in [1.54, 1.807) is 0 Å². The van der Waals surface area contributed by atoms with Gasteiger partial charge in [0, 0.05) is 16.8 Å². The van der Waals surface area contributed by atoms with Gasteiger partial charge in [0.2, 0.25) is 11.8 Å². The number of imide groups is 1. The first kappa shape index (κ1) is 13.8. The number of amides is 2. The van der Waals surface area contributed by atoms with Crippen LogP contribution in [0.5, 0.6) is 0 Å². The van der Waals surface area contributed by atoms with Crippen LogP contribution >= 0.6 is 15.9 Å². The Balaban J connectivity index is 1.98. The molecule has 2 unspecified atom stereocenters. The van der Waals surface area contributed by atoms with Gasteiger partial charge in [-0.3, -0.25) is 14.9 Å². The van der Waals surface area contributed by atoms with Crippen LogP contribution in [0, 0.1) is 11.3 Å². The Bertz CT molecular complexity index is 584. The minimum atomic E-state index is -0.172. The van der Waals surface area contributed by atoms with Crippen LogP contribution in [0.15, 0.2) is 22.7 Å². The highest BCUT2D eigenvalue weighted by atomic mass is 79.9. The molecule has 1 aromatic carbocycles. The summed E-state index contributed by atoms with van der Waals surface area (Å²) in [7, 11) is 0. The second-order valence-corrected chi connectivity index (χ2v) is 6.92. The molecule has 1 fully saturated rings. The Kier molecular flexibility index (Phi) is 3.44. The number of hydrogen-bond acceptors (Lipinski definition) is 2. The topological polar surface area (TPSA) is 46.2 Å². The van der Waals surface area contributed by atoms with Crippen LogP contribution in [-0.4, -0.2) is 11.8 Å². The maximum absolute atomic E-state index is 12.1. The zero-order valence-electron chi connectivity index (χ0n) is 11.5. The number of halogens is 1. The third-order valence-electron chi connectivity index (χ3n) is 4.84. The molecule has 1 aliphatic heterocycles. The third kappa shape index (κ3) is 2.20. The number of rotatable bonds is 1. The fourth-order valence-corrected chi connectivity index (χ4v) is 4.32. The number of hydrogen-bond donors (Lipinski definition) is 1. The van der Waals surface area contributed by atoms with Gasteiger partial charge in [0.1, 0.15) is 0 Å². The van der Waals surface area contributed by atoms with Crippen molar-refractivity contribution in [3.8, 4) is 0 Å². The van der Waals surface area contributed by atoms with E-state index in [1.807, 2.05) is 13.0 Å². The molecule has 20 heavy (non-hydrogen) atoms. The molecule has 0 aromatic heterocycles. The summed E-state index contributed by atoms with van der Waals surface area (Å²) in [6, 6.07) is 6.33. The number of carbonyl (C=O) groups is 2. The lowest BCUT2D eigenvalue weighted by Crippen LogP contribution is -2.53. The molecular formula is C16H18BrNO2. The molecule has 2 aliphatic rings. The van der Waals surface area contributed by atoms with Crippen LogP contribution in [0.3, 0.4) is 0 Å². The fourth-order valence-electron chi connectivity index (χ4n) is 3.91. The molecule has 0 saturated carbocycles. The summed E-state index contributed by atoms with van der Waals surface area (Å²) in [6.07, 6.45) is 3.99. The lowest BCUT2D eigenvalue weighted by Gasteiger charge is -2.45. The summed E-state index contributed by atoms with van der Waals surface area (Å²) in [5, 5.41) is 2.50. The average molecular weight is 336 g/mol.